The highest BCUT2D eigenvalue weighted by Gasteiger charge is 2.13. The molecule has 0 aliphatic rings. The van der Waals surface area contributed by atoms with Crippen molar-refractivity contribution in [2.24, 2.45) is 0 Å². The van der Waals surface area contributed by atoms with Gasteiger partial charge in [0.05, 0.1) is 0 Å². The minimum atomic E-state index is 0.670. The van der Waals surface area contributed by atoms with E-state index in [1.165, 1.54) is 28.0 Å². The van der Waals surface area contributed by atoms with Crippen LogP contribution >= 0.6 is 34.4 Å². The second-order valence-corrected chi connectivity index (χ2v) is 7.07. The number of anilines is 1. The second kappa shape index (κ2) is 5.40. The van der Waals surface area contributed by atoms with Crippen LogP contribution < -0.4 is 5.32 Å². The Bertz CT molecular complexity index is 692. The summed E-state index contributed by atoms with van der Waals surface area (Å²) in [5.74, 6) is 0.670. The van der Waals surface area contributed by atoms with E-state index in [9.17, 15) is 0 Å². The average molecular weight is 309 g/mol. The Morgan fingerprint density at radius 3 is 3.00 bits per heavy atom. The number of fused-ring (bicyclic) bond motifs is 1. The molecule has 3 heterocycles. The van der Waals surface area contributed by atoms with E-state index in [4.69, 9.17) is 0 Å². The molecule has 5 nitrogen and oxygen atoms in total. The largest absolute Gasteiger partial charge is 0.354 e. The summed E-state index contributed by atoms with van der Waals surface area (Å²) in [7, 11) is 0. The van der Waals surface area contributed by atoms with Gasteiger partial charge in [-0.3, -0.25) is 0 Å². The van der Waals surface area contributed by atoms with E-state index in [1.54, 1.807) is 16.8 Å². The van der Waals surface area contributed by atoms with Crippen LogP contribution in [0.3, 0.4) is 0 Å². The fourth-order valence-corrected chi connectivity index (χ4v) is 4.05. The first kappa shape index (κ1) is 12.8. The van der Waals surface area contributed by atoms with Crippen molar-refractivity contribution >= 4 is 50.6 Å². The summed E-state index contributed by atoms with van der Waals surface area (Å²) in [5, 5.41) is 13.1. The third-order valence-corrected chi connectivity index (χ3v) is 5.07. The van der Waals surface area contributed by atoms with Gasteiger partial charge >= 0.3 is 0 Å². The molecule has 0 aromatic carbocycles. The average Bonchev–Trinajstić information content (AvgIpc) is 2.98. The van der Waals surface area contributed by atoms with Crippen LogP contribution in [0.2, 0.25) is 0 Å². The molecule has 8 heteroatoms. The van der Waals surface area contributed by atoms with Crippen molar-refractivity contribution in [1.82, 2.24) is 20.2 Å². The van der Waals surface area contributed by atoms with E-state index in [0.717, 1.165) is 26.1 Å². The molecule has 3 aromatic rings. The highest BCUT2D eigenvalue weighted by molar-refractivity contribution is 8.01. The molecule has 0 bridgehead atoms. The Balaban J connectivity index is 2.08. The van der Waals surface area contributed by atoms with Gasteiger partial charge in [-0.05, 0) is 31.7 Å². The van der Waals surface area contributed by atoms with Gasteiger partial charge in [0.25, 0.3) is 0 Å². The van der Waals surface area contributed by atoms with E-state index in [2.05, 4.69) is 38.5 Å². The van der Waals surface area contributed by atoms with Gasteiger partial charge in [-0.25, -0.2) is 9.97 Å². The first-order chi connectivity index (χ1) is 9.26. The first-order valence-corrected chi connectivity index (χ1v) is 8.23. The number of hydrogen-bond acceptors (Lipinski definition) is 8. The van der Waals surface area contributed by atoms with Crippen LogP contribution in [-0.4, -0.2) is 26.7 Å². The number of nitrogens with one attached hydrogen (secondary N) is 1. The van der Waals surface area contributed by atoms with E-state index in [-0.39, 0.29) is 0 Å². The van der Waals surface area contributed by atoms with Crippen LogP contribution in [0.5, 0.6) is 0 Å². The highest BCUT2D eigenvalue weighted by atomic mass is 32.2. The van der Waals surface area contributed by atoms with E-state index in [0.29, 0.717) is 5.95 Å². The van der Waals surface area contributed by atoms with Crippen molar-refractivity contribution in [2.75, 3.05) is 11.9 Å². The molecule has 3 aromatic heterocycles. The molecule has 0 saturated carbocycles. The molecular formula is C11H11N5S3. The topological polar surface area (TPSA) is 63.6 Å². The first-order valence-electron chi connectivity index (χ1n) is 5.72. The molecule has 98 valence electrons. The SMILES string of the molecule is CCNc1nc(Sc2nncs2)c2cc(C)sc2n1. The molecule has 0 saturated heterocycles. The zero-order valence-electron chi connectivity index (χ0n) is 10.4. The predicted molar refractivity (Wildman–Crippen MR) is 80.3 cm³/mol. The smallest absolute Gasteiger partial charge is 0.225 e. The number of thiophene rings is 1. The zero-order chi connectivity index (χ0) is 13.2. The van der Waals surface area contributed by atoms with Gasteiger partial charge in [0.15, 0.2) is 4.34 Å². The molecule has 0 unspecified atom stereocenters. The van der Waals surface area contributed by atoms with Crippen molar-refractivity contribution in [2.45, 2.75) is 23.2 Å². The molecule has 1 N–H and O–H groups in total. The third kappa shape index (κ3) is 2.70. The molecule has 0 aliphatic heterocycles. The molecule has 0 atom stereocenters. The summed E-state index contributed by atoms with van der Waals surface area (Å²) < 4.78 is 0.895. The monoisotopic (exact) mass is 309 g/mol. The van der Waals surface area contributed by atoms with Crippen LogP contribution in [-0.2, 0) is 0 Å². The lowest BCUT2D eigenvalue weighted by atomic mass is 10.4. The lowest BCUT2D eigenvalue weighted by molar-refractivity contribution is 1.00. The molecule has 0 spiro atoms. The summed E-state index contributed by atoms with van der Waals surface area (Å²) >= 11 is 4.74. The van der Waals surface area contributed by atoms with Crippen LogP contribution in [0, 0.1) is 6.92 Å². The summed E-state index contributed by atoms with van der Waals surface area (Å²) in [6, 6.07) is 2.12. The Kier molecular flexibility index (Phi) is 3.63. The van der Waals surface area contributed by atoms with Crippen LogP contribution in [0.15, 0.2) is 20.9 Å². The number of aromatic nitrogens is 4. The van der Waals surface area contributed by atoms with Crippen LogP contribution in [0.1, 0.15) is 11.8 Å². The van der Waals surface area contributed by atoms with Gasteiger partial charge in [-0.2, -0.15) is 0 Å². The highest BCUT2D eigenvalue weighted by Crippen LogP contribution is 2.36. The maximum atomic E-state index is 4.57. The van der Waals surface area contributed by atoms with Crippen molar-refractivity contribution in [1.29, 1.82) is 0 Å². The summed E-state index contributed by atoms with van der Waals surface area (Å²) in [5.41, 5.74) is 1.73. The fourth-order valence-electron chi connectivity index (χ4n) is 1.62. The quantitative estimate of drug-likeness (QED) is 0.745. The maximum absolute atomic E-state index is 4.57. The van der Waals surface area contributed by atoms with Gasteiger partial charge in [0, 0.05) is 16.8 Å². The molecule has 0 radical (unpaired) electrons. The van der Waals surface area contributed by atoms with Gasteiger partial charge in [-0.15, -0.1) is 21.5 Å². The third-order valence-electron chi connectivity index (χ3n) is 2.34. The van der Waals surface area contributed by atoms with E-state index >= 15 is 0 Å². The Labute approximate surface area is 122 Å². The minimum absolute atomic E-state index is 0.670. The van der Waals surface area contributed by atoms with Gasteiger partial charge < -0.3 is 5.32 Å². The molecule has 0 aliphatic carbocycles. The van der Waals surface area contributed by atoms with Gasteiger partial charge in [0.1, 0.15) is 15.4 Å². The number of rotatable bonds is 4. The van der Waals surface area contributed by atoms with Crippen LogP contribution in [0.4, 0.5) is 5.95 Å². The summed E-state index contributed by atoms with van der Waals surface area (Å²) in [6.07, 6.45) is 0. The van der Waals surface area contributed by atoms with Crippen molar-refractivity contribution in [3.8, 4) is 0 Å². The summed E-state index contributed by atoms with van der Waals surface area (Å²) in [4.78, 5) is 11.3. The Morgan fingerprint density at radius 2 is 2.26 bits per heavy atom. The molecule has 3 rings (SSSR count). The molecule has 19 heavy (non-hydrogen) atoms. The molecular weight excluding hydrogens is 298 g/mol. The lowest BCUT2D eigenvalue weighted by Crippen LogP contribution is -2.02. The minimum Gasteiger partial charge on any atom is -0.354 e. The molecule has 0 amide bonds. The van der Waals surface area contributed by atoms with Crippen LogP contribution in [0.25, 0.3) is 10.2 Å². The van der Waals surface area contributed by atoms with Crippen molar-refractivity contribution in [3.05, 3.63) is 16.5 Å². The van der Waals surface area contributed by atoms with Gasteiger partial charge in [0.2, 0.25) is 5.95 Å². The normalized spacial score (nSPS) is 11.1. The summed E-state index contributed by atoms with van der Waals surface area (Å²) in [6.45, 7) is 4.92. The predicted octanol–water partition coefficient (Wildman–Crippen LogP) is 3.43. The van der Waals surface area contributed by atoms with Crippen molar-refractivity contribution in [3.63, 3.8) is 0 Å². The number of aryl methyl sites for hydroxylation is 1. The Morgan fingerprint density at radius 1 is 1.37 bits per heavy atom. The lowest BCUT2D eigenvalue weighted by Gasteiger charge is -2.04. The van der Waals surface area contributed by atoms with E-state index in [1.807, 2.05) is 6.92 Å². The standard InChI is InChI=1S/C11H11N5S3/c1-3-12-10-14-8-7(4-6(2)18-8)9(15-10)19-11-16-13-5-17-11/h4-5H,3H2,1-2H3,(H,12,14,15). The maximum Gasteiger partial charge on any atom is 0.225 e. The second-order valence-electron chi connectivity index (χ2n) is 3.77. The number of hydrogen-bond donors (Lipinski definition) is 1. The van der Waals surface area contributed by atoms with Crippen molar-refractivity contribution < 1.29 is 0 Å². The van der Waals surface area contributed by atoms with Gasteiger partial charge in [-0.1, -0.05) is 11.3 Å². The zero-order valence-corrected chi connectivity index (χ0v) is 12.8. The van der Waals surface area contributed by atoms with E-state index < -0.39 is 0 Å². The molecule has 0 fully saturated rings. The fraction of sp³-hybridized carbons (Fsp3) is 0.273. The number of nitrogens with zero attached hydrogens (tertiary/aromatic N) is 4. The Hall–Kier alpha value is -1.25.